The predicted molar refractivity (Wildman–Crippen MR) is 153 cm³/mol. The minimum absolute atomic E-state index is 0.0645. The van der Waals surface area contributed by atoms with Gasteiger partial charge in [-0.05, 0) is 37.1 Å². The van der Waals surface area contributed by atoms with E-state index in [1.165, 1.54) is 24.3 Å². The number of hydrogen-bond donors (Lipinski definition) is 6. The quantitative estimate of drug-likeness (QED) is 0.0471. The molecule has 6 N–H and O–H groups in total. The number of benzene rings is 1. The largest absolute Gasteiger partial charge is 0.481 e. The minimum Gasteiger partial charge on any atom is -0.481 e. The SMILES string of the molecule is CCCCC[C@@H](C(=O)NCNC(=O)c1cccc(-c2ccc(C(=O)N[C@@H](CC(=O)O)C(=O)O)c(F)c2)n1)[C@@H](CC)N(O)C=O. The molecular weight excluding hydrogens is 581 g/mol. The van der Waals surface area contributed by atoms with Crippen LogP contribution in [-0.2, 0) is 19.2 Å². The van der Waals surface area contributed by atoms with E-state index in [4.69, 9.17) is 10.2 Å². The zero-order valence-electron chi connectivity index (χ0n) is 24.3. The average Bonchev–Trinajstić information content (AvgIpc) is 2.99. The zero-order valence-corrected chi connectivity index (χ0v) is 24.3. The van der Waals surface area contributed by atoms with Crippen molar-refractivity contribution in [2.75, 3.05) is 6.67 Å². The molecule has 0 bridgehead atoms. The number of carbonyl (C=O) groups is 6. The summed E-state index contributed by atoms with van der Waals surface area (Å²) in [6, 6.07) is 5.22. The van der Waals surface area contributed by atoms with E-state index in [2.05, 4.69) is 15.6 Å². The van der Waals surface area contributed by atoms with Gasteiger partial charge in [-0.2, -0.15) is 0 Å². The molecular formula is C29H36FN5O9. The Hall–Kier alpha value is -4.92. The van der Waals surface area contributed by atoms with Crippen molar-refractivity contribution < 1.29 is 48.6 Å². The second-order valence-electron chi connectivity index (χ2n) is 9.85. The summed E-state index contributed by atoms with van der Waals surface area (Å²) in [5.41, 5.74) is -0.233. The summed E-state index contributed by atoms with van der Waals surface area (Å²) < 4.78 is 14.8. The fourth-order valence-corrected chi connectivity index (χ4v) is 4.47. The first-order chi connectivity index (χ1) is 20.9. The van der Waals surface area contributed by atoms with Gasteiger partial charge in [-0.1, -0.05) is 45.2 Å². The Morgan fingerprint density at radius 3 is 2.34 bits per heavy atom. The molecule has 2 aromatic rings. The van der Waals surface area contributed by atoms with Crippen LogP contribution in [-0.4, -0.2) is 80.3 Å². The van der Waals surface area contributed by atoms with Crippen LogP contribution in [0, 0.1) is 11.7 Å². The molecule has 15 heteroatoms. The molecule has 1 aromatic carbocycles. The molecule has 2 rings (SSSR count). The van der Waals surface area contributed by atoms with Crippen LogP contribution in [0.2, 0.25) is 0 Å². The smallest absolute Gasteiger partial charge is 0.326 e. The number of carboxylic acid groups (broad SMARTS) is 2. The highest BCUT2D eigenvalue weighted by atomic mass is 19.1. The van der Waals surface area contributed by atoms with Gasteiger partial charge >= 0.3 is 11.9 Å². The highest BCUT2D eigenvalue weighted by Gasteiger charge is 2.30. The second-order valence-corrected chi connectivity index (χ2v) is 9.85. The summed E-state index contributed by atoms with van der Waals surface area (Å²) in [4.78, 5) is 75.4. The van der Waals surface area contributed by atoms with Crippen molar-refractivity contribution in [1.82, 2.24) is 26.0 Å². The molecule has 0 saturated carbocycles. The van der Waals surface area contributed by atoms with E-state index in [1.807, 2.05) is 12.2 Å². The first-order valence-corrected chi connectivity index (χ1v) is 13.9. The third-order valence-electron chi connectivity index (χ3n) is 6.77. The van der Waals surface area contributed by atoms with Crippen LogP contribution in [0.1, 0.15) is 73.2 Å². The maximum Gasteiger partial charge on any atom is 0.326 e. The monoisotopic (exact) mass is 617 g/mol. The van der Waals surface area contributed by atoms with Crippen LogP contribution < -0.4 is 16.0 Å². The maximum absolute atomic E-state index is 14.8. The first-order valence-electron chi connectivity index (χ1n) is 13.9. The number of hydrogen-bond acceptors (Lipinski definition) is 8. The molecule has 3 atom stereocenters. The van der Waals surface area contributed by atoms with Gasteiger partial charge < -0.3 is 26.2 Å². The number of nitrogens with zero attached hydrogens (tertiary/aromatic N) is 2. The minimum atomic E-state index is -1.76. The summed E-state index contributed by atoms with van der Waals surface area (Å²) >= 11 is 0. The molecule has 0 saturated heterocycles. The zero-order chi connectivity index (χ0) is 32.8. The van der Waals surface area contributed by atoms with Crippen molar-refractivity contribution >= 4 is 36.1 Å². The van der Waals surface area contributed by atoms with Gasteiger partial charge in [0.2, 0.25) is 12.3 Å². The molecule has 0 unspecified atom stereocenters. The number of aliphatic carboxylic acids is 2. The van der Waals surface area contributed by atoms with Gasteiger partial charge in [-0.15, -0.1) is 0 Å². The predicted octanol–water partition coefficient (Wildman–Crippen LogP) is 2.17. The van der Waals surface area contributed by atoms with E-state index in [0.29, 0.717) is 24.3 Å². The van der Waals surface area contributed by atoms with Crippen molar-refractivity contribution in [3.05, 3.63) is 53.5 Å². The van der Waals surface area contributed by atoms with E-state index in [1.54, 1.807) is 6.92 Å². The van der Waals surface area contributed by atoms with E-state index in [0.717, 1.165) is 25.0 Å². The summed E-state index contributed by atoms with van der Waals surface area (Å²) in [5, 5.41) is 35.4. The summed E-state index contributed by atoms with van der Waals surface area (Å²) in [5.74, 6) is -7.03. The number of aromatic nitrogens is 1. The van der Waals surface area contributed by atoms with Gasteiger partial charge in [0, 0.05) is 5.56 Å². The molecule has 0 aliphatic rings. The molecule has 0 spiro atoms. The molecule has 238 valence electrons. The Morgan fingerprint density at radius 2 is 1.75 bits per heavy atom. The number of amides is 4. The van der Waals surface area contributed by atoms with Crippen molar-refractivity contribution in [2.45, 2.75) is 64.5 Å². The average molecular weight is 618 g/mol. The molecule has 14 nitrogen and oxygen atoms in total. The van der Waals surface area contributed by atoms with Crippen molar-refractivity contribution in [1.29, 1.82) is 0 Å². The number of halogens is 1. The number of rotatable bonds is 18. The number of unbranched alkanes of at least 4 members (excludes halogenated alkanes) is 2. The molecule has 0 fully saturated rings. The highest BCUT2D eigenvalue weighted by molar-refractivity contribution is 5.98. The van der Waals surface area contributed by atoms with Crippen LogP contribution in [0.25, 0.3) is 11.3 Å². The van der Waals surface area contributed by atoms with E-state index < -0.39 is 65.5 Å². The normalized spacial score (nSPS) is 12.7. The Bertz CT molecular complexity index is 1360. The van der Waals surface area contributed by atoms with E-state index in [9.17, 15) is 38.4 Å². The molecule has 44 heavy (non-hydrogen) atoms. The Kier molecular flexibility index (Phi) is 13.8. The molecule has 0 radical (unpaired) electrons. The lowest BCUT2D eigenvalue weighted by atomic mass is 9.90. The third kappa shape index (κ3) is 10.1. The maximum atomic E-state index is 14.8. The van der Waals surface area contributed by atoms with Crippen LogP contribution in [0.3, 0.4) is 0 Å². The number of pyridine rings is 1. The molecule has 0 aliphatic carbocycles. The topological polar surface area (TPSA) is 215 Å². The van der Waals surface area contributed by atoms with Gasteiger partial charge in [0.15, 0.2) is 0 Å². The highest BCUT2D eigenvalue weighted by Crippen LogP contribution is 2.22. The van der Waals surface area contributed by atoms with E-state index in [-0.39, 0.29) is 30.0 Å². The Morgan fingerprint density at radius 1 is 1.02 bits per heavy atom. The van der Waals surface area contributed by atoms with Crippen molar-refractivity contribution in [2.24, 2.45) is 5.92 Å². The Labute approximate surface area is 252 Å². The summed E-state index contributed by atoms with van der Waals surface area (Å²) in [6.07, 6.45) is 2.60. The lowest BCUT2D eigenvalue weighted by molar-refractivity contribution is -0.168. The van der Waals surface area contributed by atoms with Gasteiger partial charge in [-0.3, -0.25) is 29.2 Å². The summed E-state index contributed by atoms with van der Waals surface area (Å²) in [6.45, 7) is 3.47. The van der Waals surface area contributed by atoms with Crippen LogP contribution in [0.5, 0.6) is 0 Å². The molecule has 1 heterocycles. The van der Waals surface area contributed by atoms with Gasteiger partial charge in [0.1, 0.15) is 17.6 Å². The number of carboxylic acids is 2. The number of hydroxylamine groups is 2. The van der Waals surface area contributed by atoms with Gasteiger partial charge in [0.05, 0.1) is 36.3 Å². The fourth-order valence-electron chi connectivity index (χ4n) is 4.47. The van der Waals surface area contributed by atoms with E-state index >= 15 is 0 Å². The van der Waals surface area contributed by atoms with Crippen LogP contribution >= 0.6 is 0 Å². The van der Waals surface area contributed by atoms with Crippen molar-refractivity contribution in [3.8, 4) is 11.3 Å². The van der Waals surface area contributed by atoms with Crippen molar-refractivity contribution in [3.63, 3.8) is 0 Å². The van der Waals surface area contributed by atoms with Gasteiger partial charge in [0.25, 0.3) is 11.8 Å². The van der Waals surface area contributed by atoms with Gasteiger partial charge in [-0.25, -0.2) is 19.2 Å². The Balaban J connectivity index is 2.09. The fraction of sp³-hybridized carbons (Fsp3) is 0.414. The summed E-state index contributed by atoms with van der Waals surface area (Å²) in [7, 11) is 0. The standard InChI is InChI=1S/C29H36FN5O9/c1-3-5-6-8-19(24(4-2)35(44)16-36)26(39)31-15-32-28(41)22-10-7-9-21(33-22)17-11-12-18(20(30)13-17)27(40)34-23(29(42)43)14-25(37)38/h7,9-13,16,19,23-24,44H,3-6,8,14-15H2,1-2H3,(H,31,39)(H,32,41)(H,34,40)(H,37,38)(H,42,43)/t19-,23+,24-/m1/s1. The number of carbonyl (C=O) groups excluding carboxylic acids is 4. The number of nitrogens with one attached hydrogen (secondary N) is 3. The molecule has 4 amide bonds. The lowest BCUT2D eigenvalue weighted by Gasteiger charge is -2.29. The lowest BCUT2D eigenvalue weighted by Crippen LogP contribution is -2.47. The first kappa shape index (κ1) is 35.3. The molecule has 1 aromatic heterocycles. The van der Waals surface area contributed by atoms with Crippen LogP contribution in [0.15, 0.2) is 36.4 Å². The molecule has 0 aliphatic heterocycles. The second kappa shape index (κ2) is 17.3. The van der Waals surface area contributed by atoms with Crippen LogP contribution in [0.4, 0.5) is 4.39 Å². The third-order valence-corrected chi connectivity index (χ3v) is 6.77.